The molecule has 0 spiro atoms. The molecule has 2 aromatic carbocycles. The number of hydrogen-bond donors (Lipinski definition) is 0. The van der Waals surface area contributed by atoms with E-state index in [2.05, 4.69) is 60.8 Å². The van der Waals surface area contributed by atoms with Crippen molar-refractivity contribution in [3.05, 3.63) is 53.3 Å². The van der Waals surface area contributed by atoms with Crippen molar-refractivity contribution in [2.45, 2.75) is 32.5 Å². The molecule has 0 amide bonds. The summed E-state index contributed by atoms with van der Waals surface area (Å²) in [6.45, 7) is 3.67. The van der Waals surface area contributed by atoms with E-state index in [1.54, 1.807) is 7.11 Å². The van der Waals surface area contributed by atoms with E-state index >= 15 is 0 Å². The molecule has 0 aliphatic carbocycles. The molecule has 1 unspecified atom stereocenters. The molecule has 0 radical (unpaired) electrons. The molecule has 0 N–H and O–H groups in total. The van der Waals surface area contributed by atoms with Gasteiger partial charge in [0.15, 0.2) is 0 Å². The Balaban J connectivity index is 1.57. The second-order valence-electron chi connectivity index (χ2n) is 7.16. The minimum absolute atomic E-state index is 0.223. The van der Waals surface area contributed by atoms with E-state index in [-0.39, 0.29) is 6.10 Å². The molecule has 0 bridgehead atoms. The third-order valence-corrected chi connectivity index (χ3v) is 5.01. The Morgan fingerprint density at radius 1 is 1.27 bits per heavy atom. The lowest BCUT2D eigenvalue weighted by atomic mass is 10.1. The molecule has 2 heterocycles. The van der Waals surface area contributed by atoms with Crippen LogP contribution < -0.4 is 9.47 Å². The standard InChI is InChI=1S/C21H25N3O2/c1-14-9-15-10-17(25-4)11-16(21(15)26-14)12-23(2)13-20-22-18-7-5-6-8-19(18)24(20)3/h5-8,10-11,14H,9,12-13H2,1-4H3. The van der Waals surface area contributed by atoms with Gasteiger partial charge in [0.05, 0.1) is 24.7 Å². The first-order chi connectivity index (χ1) is 12.5. The van der Waals surface area contributed by atoms with Gasteiger partial charge < -0.3 is 14.0 Å². The minimum atomic E-state index is 0.223. The Morgan fingerprint density at radius 3 is 2.85 bits per heavy atom. The van der Waals surface area contributed by atoms with Gasteiger partial charge in [0.25, 0.3) is 0 Å². The molecule has 1 aliphatic rings. The van der Waals surface area contributed by atoms with Crippen LogP contribution in [0.4, 0.5) is 0 Å². The van der Waals surface area contributed by atoms with Crippen LogP contribution in [0.3, 0.4) is 0 Å². The number of fused-ring (bicyclic) bond motifs is 2. The Kier molecular flexibility index (Phi) is 4.32. The number of aromatic nitrogens is 2. The van der Waals surface area contributed by atoms with Crippen molar-refractivity contribution < 1.29 is 9.47 Å². The molecule has 136 valence electrons. The first kappa shape index (κ1) is 16.9. The monoisotopic (exact) mass is 351 g/mol. The Morgan fingerprint density at radius 2 is 2.08 bits per heavy atom. The normalized spacial score (nSPS) is 16.1. The van der Waals surface area contributed by atoms with Crippen molar-refractivity contribution in [2.24, 2.45) is 7.05 Å². The van der Waals surface area contributed by atoms with Gasteiger partial charge in [-0.2, -0.15) is 0 Å². The number of ether oxygens (including phenoxy) is 2. The van der Waals surface area contributed by atoms with Crippen LogP contribution in [-0.2, 0) is 26.6 Å². The summed E-state index contributed by atoms with van der Waals surface area (Å²) in [6, 6.07) is 12.4. The molecule has 1 aliphatic heterocycles. The largest absolute Gasteiger partial charge is 0.497 e. The second kappa shape index (κ2) is 6.65. The highest BCUT2D eigenvalue weighted by atomic mass is 16.5. The number of para-hydroxylation sites is 2. The number of rotatable bonds is 5. The fourth-order valence-corrected chi connectivity index (χ4v) is 3.74. The third kappa shape index (κ3) is 3.03. The topological polar surface area (TPSA) is 39.5 Å². The van der Waals surface area contributed by atoms with E-state index in [0.29, 0.717) is 0 Å². The predicted molar refractivity (Wildman–Crippen MR) is 103 cm³/mol. The van der Waals surface area contributed by atoms with Crippen LogP contribution in [0, 0.1) is 0 Å². The second-order valence-corrected chi connectivity index (χ2v) is 7.16. The summed E-state index contributed by atoms with van der Waals surface area (Å²) in [6.07, 6.45) is 1.16. The highest BCUT2D eigenvalue weighted by molar-refractivity contribution is 5.75. The molecule has 3 aromatic rings. The minimum Gasteiger partial charge on any atom is -0.497 e. The summed E-state index contributed by atoms with van der Waals surface area (Å²) in [5.74, 6) is 2.98. The summed E-state index contributed by atoms with van der Waals surface area (Å²) < 4.78 is 13.7. The van der Waals surface area contributed by atoms with Crippen LogP contribution in [0.1, 0.15) is 23.9 Å². The zero-order valence-electron chi connectivity index (χ0n) is 15.8. The van der Waals surface area contributed by atoms with Crippen molar-refractivity contribution in [2.75, 3.05) is 14.2 Å². The lowest BCUT2D eigenvalue weighted by Crippen LogP contribution is -2.20. The van der Waals surface area contributed by atoms with Gasteiger partial charge in [-0.1, -0.05) is 12.1 Å². The quantitative estimate of drug-likeness (QED) is 0.705. The van der Waals surface area contributed by atoms with E-state index in [0.717, 1.165) is 47.9 Å². The maximum atomic E-state index is 6.06. The van der Waals surface area contributed by atoms with Crippen LogP contribution in [0.25, 0.3) is 11.0 Å². The average molecular weight is 351 g/mol. The first-order valence-electron chi connectivity index (χ1n) is 9.00. The van der Waals surface area contributed by atoms with Gasteiger partial charge >= 0.3 is 0 Å². The van der Waals surface area contributed by atoms with Gasteiger partial charge in [0.1, 0.15) is 23.4 Å². The van der Waals surface area contributed by atoms with E-state index in [1.165, 1.54) is 11.1 Å². The molecule has 26 heavy (non-hydrogen) atoms. The first-order valence-corrected chi connectivity index (χ1v) is 9.00. The van der Waals surface area contributed by atoms with Crippen LogP contribution >= 0.6 is 0 Å². The lowest BCUT2D eigenvalue weighted by Gasteiger charge is -2.19. The van der Waals surface area contributed by atoms with Gasteiger partial charge in [0, 0.05) is 31.1 Å². The maximum absolute atomic E-state index is 6.06. The summed E-state index contributed by atoms with van der Waals surface area (Å²) in [4.78, 5) is 7.04. The van der Waals surface area contributed by atoms with E-state index in [9.17, 15) is 0 Å². The summed E-state index contributed by atoms with van der Waals surface area (Å²) in [5.41, 5.74) is 4.61. The average Bonchev–Trinajstić information content (AvgIpc) is 3.15. The van der Waals surface area contributed by atoms with Crippen LogP contribution in [0.2, 0.25) is 0 Å². The highest BCUT2D eigenvalue weighted by Gasteiger charge is 2.24. The molecule has 1 aromatic heterocycles. The number of methoxy groups -OCH3 is 1. The van der Waals surface area contributed by atoms with Gasteiger partial charge in [-0.15, -0.1) is 0 Å². The highest BCUT2D eigenvalue weighted by Crippen LogP contribution is 2.36. The Hall–Kier alpha value is -2.53. The molecule has 5 nitrogen and oxygen atoms in total. The molecular formula is C21H25N3O2. The number of benzene rings is 2. The SMILES string of the molecule is COc1cc2c(c(CN(C)Cc3nc4ccccc4n3C)c1)OC(C)C2. The van der Waals surface area contributed by atoms with Crippen molar-refractivity contribution in [1.82, 2.24) is 14.5 Å². The van der Waals surface area contributed by atoms with Crippen molar-refractivity contribution >= 4 is 11.0 Å². The van der Waals surface area contributed by atoms with Crippen molar-refractivity contribution in [1.29, 1.82) is 0 Å². The summed E-state index contributed by atoms with van der Waals surface area (Å²) in [7, 11) is 5.91. The number of aryl methyl sites for hydroxylation is 1. The van der Waals surface area contributed by atoms with E-state index in [1.807, 2.05) is 6.07 Å². The van der Waals surface area contributed by atoms with Crippen molar-refractivity contribution in [3.63, 3.8) is 0 Å². The molecule has 5 heteroatoms. The van der Waals surface area contributed by atoms with Gasteiger partial charge in [0.2, 0.25) is 0 Å². The number of hydrogen-bond acceptors (Lipinski definition) is 4. The summed E-state index contributed by atoms with van der Waals surface area (Å²) >= 11 is 0. The van der Waals surface area contributed by atoms with Crippen LogP contribution in [0.5, 0.6) is 11.5 Å². The van der Waals surface area contributed by atoms with E-state index in [4.69, 9.17) is 14.5 Å². The molecule has 1 atom stereocenters. The maximum Gasteiger partial charge on any atom is 0.127 e. The fourth-order valence-electron chi connectivity index (χ4n) is 3.74. The lowest BCUT2D eigenvalue weighted by molar-refractivity contribution is 0.244. The van der Waals surface area contributed by atoms with Crippen LogP contribution in [-0.4, -0.2) is 34.7 Å². The Labute approximate surface area is 154 Å². The fraction of sp³-hybridized carbons (Fsp3) is 0.381. The van der Waals surface area contributed by atoms with E-state index < -0.39 is 0 Å². The van der Waals surface area contributed by atoms with Crippen LogP contribution in [0.15, 0.2) is 36.4 Å². The third-order valence-electron chi connectivity index (χ3n) is 5.01. The summed E-state index contributed by atoms with van der Waals surface area (Å²) in [5, 5.41) is 0. The zero-order valence-corrected chi connectivity index (χ0v) is 15.8. The molecule has 0 fully saturated rings. The smallest absolute Gasteiger partial charge is 0.127 e. The number of imidazole rings is 1. The van der Waals surface area contributed by atoms with Crippen molar-refractivity contribution in [3.8, 4) is 11.5 Å². The molecular weight excluding hydrogens is 326 g/mol. The molecule has 0 saturated heterocycles. The predicted octanol–water partition coefficient (Wildman–Crippen LogP) is 3.54. The Bertz CT molecular complexity index is 948. The molecule has 4 rings (SSSR count). The van der Waals surface area contributed by atoms with Gasteiger partial charge in [-0.05, 0) is 38.2 Å². The molecule has 0 saturated carbocycles. The van der Waals surface area contributed by atoms with Gasteiger partial charge in [-0.3, -0.25) is 4.90 Å². The number of nitrogens with zero attached hydrogens (tertiary/aromatic N) is 3. The zero-order chi connectivity index (χ0) is 18.3. The van der Waals surface area contributed by atoms with Gasteiger partial charge in [-0.25, -0.2) is 4.98 Å².